The summed E-state index contributed by atoms with van der Waals surface area (Å²) in [5.41, 5.74) is 0. The molecule has 36 valence electrons. The highest BCUT2D eigenvalue weighted by Crippen LogP contribution is 2.00. The van der Waals surface area contributed by atoms with Gasteiger partial charge in [0.25, 0.3) is 0 Å². The van der Waals surface area contributed by atoms with Gasteiger partial charge in [-0.2, -0.15) is 0 Å². The maximum absolute atomic E-state index is 10.4. The number of rotatable bonds is 0. The minimum atomic E-state index is -0.606. The minimum Gasteiger partial charge on any atom is -0.228 e. The van der Waals surface area contributed by atoms with Gasteiger partial charge in [0.15, 0.2) is 0 Å². The molecule has 1 aliphatic rings. The molecule has 1 aliphatic carbocycles. The molecule has 0 aromatic rings. The van der Waals surface area contributed by atoms with Gasteiger partial charge in [-0.1, -0.05) is 18.2 Å². The van der Waals surface area contributed by atoms with Gasteiger partial charge in [0, 0.05) is 0 Å². The van der Waals surface area contributed by atoms with E-state index < -0.39 is 6.10 Å². The molecule has 0 bridgehead atoms. The van der Waals surface area contributed by atoms with Crippen molar-refractivity contribution >= 4 is 0 Å². The Hall–Kier alpha value is -0.560. The predicted molar refractivity (Wildman–Crippen MR) is 26.0 cm³/mol. The van der Waals surface area contributed by atoms with Crippen molar-refractivity contribution in [1.82, 2.24) is 0 Å². The zero-order valence-electron chi connectivity index (χ0n) is 3.92. The molecule has 0 amide bonds. The molecule has 0 heterocycles. The fourth-order valence-electron chi connectivity index (χ4n) is 0.501. The molecule has 1 heteroatoms. The van der Waals surface area contributed by atoms with Crippen LogP contribution in [0.5, 0.6) is 0 Å². The second-order valence-electron chi connectivity index (χ2n) is 1.49. The van der Waals surface area contributed by atoms with Gasteiger partial charge < -0.3 is 0 Å². The lowest BCUT2D eigenvalue weighted by molar-refractivity contribution is 0.125. The third-order valence-electron chi connectivity index (χ3n) is 0.865. The highest BCUT2D eigenvalue weighted by molar-refractivity contribution is 5.06. The lowest BCUT2D eigenvalue weighted by Crippen LogP contribution is -1.99. The molecule has 0 aromatic heterocycles. The Morgan fingerprint density at radius 2 is 2.57 bits per heavy atom. The third kappa shape index (κ3) is 1.16. The van der Waals surface area contributed by atoms with Crippen LogP contribution in [0.1, 0.15) is 6.42 Å². The molecule has 0 aliphatic heterocycles. The van der Waals surface area contributed by atoms with Crippen LogP contribution in [0.3, 0.4) is 0 Å². The molecule has 0 spiro atoms. The molecule has 1 rings (SSSR count). The first-order valence-electron chi connectivity index (χ1n) is 2.30. The molecule has 7 heavy (non-hydrogen) atoms. The van der Waals surface area contributed by atoms with Crippen LogP contribution < -0.4 is 0 Å². The molecule has 0 fully saturated rings. The lowest BCUT2D eigenvalue weighted by atomic mass is 10.1. The second kappa shape index (κ2) is 1.94. The first-order valence-corrected chi connectivity index (χ1v) is 2.30. The minimum absolute atomic E-state index is 0.606. The van der Waals surface area contributed by atoms with Crippen molar-refractivity contribution < 1.29 is 5.11 Å². The van der Waals surface area contributed by atoms with Crippen molar-refractivity contribution in [2.24, 2.45) is 0 Å². The normalized spacial score (nSPS) is 28.4. The number of allylic oxidation sites excluding steroid dienone is 2. The molecule has 0 saturated carbocycles. The number of hydrogen-bond donors (Lipinski definition) is 0. The van der Waals surface area contributed by atoms with Crippen LogP contribution in [0, 0.1) is 6.08 Å². The van der Waals surface area contributed by atoms with Gasteiger partial charge in [0.05, 0.1) is 0 Å². The van der Waals surface area contributed by atoms with Gasteiger partial charge in [-0.3, -0.25) is 0 Å². The third-order valence-corrected chi connectivity index (χ3v) is 0.865. The van der Waals surface area contributed by atoms with Crippen molar-refractivity contribution in [3.8, 4) is 0 Å². The highest BCUT2D eigenvalue weighted by atomic mass is 16.3. The SMILES string of the molecule is [O]C1[C]=CC=CC1. The summed E-state index contributed by atoms with van der Waals surface area (Å²) in [6.07, 6.45) is 7.98. The molecule has 1 unspecified atom stereocenters. The van der Waals surface area contributed by atoms with Crippen molar-refractivity contribution in [2.45, 2.75) is 12.5 Å². The van der Waals surface area contributed by atoms with E-state index >= 15 is 0 Å². The van der Waals surface area contributed by atoms with Crippen LogP contribution in [-0.4, -0.2) is 6.10 Å². The van der Waals surface area contributed by atoms with E-state index in [2.05, 4.69) is 6.08 Å². The molecule has 1 nitrogen and oxygen atoms in total. The lowest BCUT2D eigenvalue weighted by Gasteiger charge is -1.97. The average Bonchev–Trinajstić information content (AvgIpc) is 1.69. The van der Waals surface area contributed by atoms with Gasteiger partial charge in [0.2, 0.25) is 0 Å². The summed E-state index contributed by atoms with van der Waals surface area (Å²) in [6, 6.07) is 0. The Labute approximate surface area is 43.0 Å². The van der Waals surface area contributed by atoms with E-state index in [1.54, 1.807) is 6.08 Å². The monoisotopic (exact) mass is 94.0 g/mol. The van der Waals surface area contributed by atoms with Crippen molar-refractivity contribution in [3.63, 3.8) is 0 Å². The second-order valence-corrected chi connectivity index (χ2v) is 1.49. The Morgan fingerprint density at radius 1 is 1.71 bits per heavy atom. The van der Waals surface area contributed by atoms with E-state index in [9.17, 15) is 5.11 Å². The molecular formula is C6H6O. The zero-order chi connectivity index (χ0) is 5.11. The van der Waals surface area contributed by atoms with Gasteiger partial charge in [-0.05, 0) is 12.5 Å². The molecular weight excluding hydrogens is 88.1 g/mol. The van der Waals surface area contributed by atoms with E-state index in [0.29, 0.717) is 6.42 Å². The maximum Gasteiger partial charge on any atom is 0.122 e. The van der Waals surface area contributed by atoms with Crippen LogP contribution in [0.25, 0.3) is 0 Å². The number of hydrogen-bond acceptors (Lipinski definition) is 0. The first kappa shape index (κ1) is 4.60. The summed E-state index contributed by atoms with van der Waals surface area (Å²) in [4.78, 5) is 0. The molecule has 0 saturated heterocycles. The Bertz CT molecular complexity index is 103. The Balaban J connectivity index is 2.49. The van der Waals surface area contributed by atoms with E-state index in [4.69, 9.17) is 0 Å². The van der Waals surface area contributed by atoms with Crippen LogP contribution in [0.2, 0.25) is 0 Å². The average molecular weight is 94.1 g/mol. The maximum atomic E-state index is 10.4. The first-order chi connectivity index (χ1) is 3.39. The van der Waals surface area contributed by atoms with Crippen molar-refractivity contribution in [1.29, 1.82) is 0 Å². The van der Waals surface area contributed by atoms with Gasteiger partial charge in [0.1, 0.15) is 6.10 Å². The van der Waals surface area contributed by atoms with E-state index in [1.165, 1.54) is 0 Å². The van der Waals surface area contributed by atoms with E-state index in [0.717, 1.165) is 0 Å². The summed E-state index contributed by atoms with van der Waals surface area (Å²) >= 11 is 0. The highest BCUT2D eigenvalue weighted by Gasteiger charge is 1.98. The quantitative estimate of drug-likeness (QED) is 0.428. The topological polar surface area (TPSA) is 19.9 Å². The largest absolute Gasteiger partial charge is 0.228 e. The van der Waals surface area contributed by atoms with Gasteiger partial charge >= 0.3 is 0 Å². The molecule has 0 aromatic carbocycles. The van der Waals surface area contributed by atoms with Gasteiger partial charge in [-0.15, -0.1) is 0 Å². The van der Waals surface area contributed by atoms with Crippen LogP contribution >= 0.6 is 0 Å². The summed E-state index contributed by atoms with van der Waals surface area (Å²) in [5, 5.41) is 10.4. The van der Waals surface area contributed by atoms with Gasteiger partial charge in [-0.25, -0.2) is 5.11 Å². The Morgan fingerprint density at radius 3 is 2.86 bits per heavy atom. The predicted octanol–water partition coefficient (Wildman–Crippen LogP) is 1.10. The fraction of sp³-hybridized carbons (Fsp3) is 0.333. The fourth-order valence-corrected chi connectivity index (χ4v) is 0.501. The smallest absolute Gasteiger partial charge is 0.122 e. The van der Waals surface area contributed by atoms with Crippen LogP contribution in [0.4, 0.5) is 0 Å². The van der Waals surface area contributed by atoms with Crippen LogP contribution in [0.15, 0.2) is 18.2 Å². The summed E-state index contributed by atoms with van der Waals surface area (Å²) in [6.45, 7) is 0. The zero-order valence-corrected chi connectivity index (χ0v) is 3.92. The standard InChI is InChI=1S/C6H6O/c7-6-4-2-1-3-5-6/h1-3,6H,4H2. The summed E-state index contributed by atoms with van der Waals surface area (Å²) in [5.74, 6) is 0. The molecule has 2 radical (unpaired) electrons. The van der Waals surface area contributed by atoms with Crippen molar-refractivity contribution in [3.05, 3.63) is 24.3 Å². The van der Waals surface area contributed by atoms with Crippen LogP contribution in [-0.2, 0) is 5.11 Å². The van der Waals surface area contributed by atoms with Crippen molar-refractivity contribution in [2.75, 3.05) is 0 Å². The molecule has 1 atom stereocenters. The summed E-state index contributed by atoms with van der Waals surface area (Å²) < 4.78 is 0. The Kier molecular flexibility index (Phi) is 1.27. The summed E-state index contributed by atoms with van der Waals surface area (Å²) in [7, 11) is 0. The molecule has 0 N–H and O–H groups in total. The van der Waals surface area contributed by atoms with E-state index in [1.807, 2.05) is 12.2 Å². The van der Waals surface area contributed by atoms with E-state index in [-0.39, 0.29) is 0 Å².